The molecule has 0 spiro atoms. The molecule has 0 radical (unpaired) electrons. The molecule has 8 heteroatoms. The van der Waals surface area contributed by atoms with Crippen molar-refractivity contribution in [1.82, 2.24) is 9.97 Å². The molecule has 0 amide bonds. The molecule has 1 aromatic carbocycles. The van der Waals surface area contributed by atoms with E-state index in [0.717, 1.165) is 37.5 Å². The van der Waals surface area contributed by atoms with E-state index in [1.165, 1.54) is 6.33 Å². The number of esters is 1. The Hall–Kier alpha value is -2.12. The second-order valence-electron chi connectivity index (χ2n) is 6.90. The maximum Gasteiger partial charge on any atom is 0.305 e. The molecule has 1 aliphatic heterocycles. The lowest BCUT2D eigenvalue weighted by Gasteiger charge is -2.17. The number of hydrogen-bond donors (Lipinski definition) is 0. The summed E-state index contributed by atoms with van der Waals surface area (Å²) in [6.45, 7) is 4.08. The van der Waals surface area contributed by atoms with E-state index < -0.39 is 0 Å². The van der Waals surface area contributed by atoms with Crippen molar-refractivity contribution in [3.8, 4) is 11.5 Å². The molecule has 0 bridgehead atoms. The van der Waals surface area contributed by atoms with Crippen LogP contribution >= 0.6 is 11.6 Å². The molecule has 158 valence electrons. The molecule has 1 aromatic heterocycles. The molecule has 3 rings (SSSR count). The number of hydrogen-bond acceptors (Lipinski definition) is 7. The van der Waals surface area contributed by atoms with Crippen LogP contribution in [0.2, 0.25) is 5.15 Å². The van der Waals surface area contributed by atoms with Gasteiger partial charge in [0.2, 0.25) is 0 Å². The van der Waals surface area contributed by atoms with Gasteiger partial charge < -0.3 is 18.9 Å². The van der Waals surface area contributed by atoms with Gasteiger partial charge in [-0.3, -0.25) is 4.79 Å². The summed E-state index contributed by atoms with van der Waals surface area (Å²) in [4.78, 5) is 19.7. The van der Waals surface area contributed by atoms with Gasteiger partial charge in [-0.1, -0.05) is 24.4 Å². The molecule has 2 heterocycles. The number of rotatable bonds is 11. The molecule has 0 aliphatic carbocycles. The number of carbonyl (C=O) groups is 1. The van der Waals surface area contributed by atoms with Crippen LogP contribution in [0, 0.1) is 0 Å². The van der Waals surface area contributed by atoms with Gasteiger partial charge in [0.1, 0.15) is 17.6 Å². The highest BCUT2D eigenvalue weighted by Gasteiger charge is 2.20. The van der Waals surface area contributed by atoms with Crippen molar-refractivity contribution in [3.63, 3.8) is 0 Å². The average Bonchev–Trinajstić information content (AvgIpc) is 3.21. The summed E-state index contributed by atoms with van der Waals surface area (Å²) >= 11 is 6.21. The predicted molar refractivity (Wildman–Crippen MR) is 110 cm³/mol. The lowest BCUT2D eigenvalue weighted by atomic mass is 10.1. The Morgan fingerprint density at radius 2 is 2.07 bits per heavy atom. The molecule has 1 atom stereocenters. The summed E-state index contributed by atoms with van der Waals surface area (Å²) in [6.07, 6.45) is 6.41. The lowest BCUT2D eigenvalue weighted by molar-refractivity contribution is -0.143. The number of fused-ring (bicyclic) bond motifs is 1. The molecule has 0 saturated carbocycles. The van der Waals surface area contributed by atoms with Crippen LogP contribution in [-0.2, 0) is 14.3 Å². The maximum atomic E-state index is 11.3. The van der Waals surface area contributed by atoms with Crippen LogP contribution in [0.1, 0.15) is 45.4 Å². The Morgan fingerprint density at radius 3 is 2.86 bits per heavy atom. The highest BCUT2D eigenvalue weighted by atomic mass is 35.5. The van der Waals surface area contributed by atoms with Gasteiger partial charge in [-0.05, 0) is 25.8 Å². The van der Waals surface area contributed by atoms with Crippen molar-refractivity contribution in [1.29, 1.82) is 0 Å². The minimum Gasteiger partial charge on any atom is -0.490 e. The molecule has 1 aliphatic rings. The third-order valence-corrected chi connectivity index (χ3v) is 4.97. The average molecular weight is 423 g/mol. The fourth-order valence-corrected chi connectivity index (χ4v) is 3.36. The Morgan fingerprint density at radius 1 is 1.21 bits per heavy atom. The number of benzene rings is 1. The molecular weight excluding hydrogens is 396 g/mol. The van der Waals surface area contributed by atoms with Gasteiger partial charge in [0, 0.05) is 24.3 Å². The quantitative estimate of drug-likeness (QED) is 0.302. The molecule has 2 aromatic rings. The van der Waals surface area contributed by atoms with E-state index in [9.17, 15) is 4.79 Å². The van der Waals surface area contributed by atoms with Crippen LogP contribution < -0.4 is 9.47 Å². The molecule has 7 nitrogen and oxygen atoms in total. The molecule has 29 heavy (non-hydrogen) atoms. The predicted octanol–water partition coefficient (Wildman–Crippen LogP) is 4.34. The summed E-state index contributed by atoms with van der Waals surface area (Å²) in [5.41, 5.74) is 0.713. The van der Waals surface area contributed by atoms with Gasteiger partial charge >= 0.3 is 5.97 Å². The molecule has 1 unspecified atom stereocenters. The summed E-state index contributed by atoms with van der Waals surface area (Å²) in [5, 5.41) is 1.11. The first kappa shape index (κ1) is 21.6. The van der Waals surface area contributed by atoms with Crippen molar-refractivity contribution in [3.05, 3.63) is 23.6 Å². The number of nitrogens with zero attached hydrogens (tertiary/aromatic N) is 2. The topological polar surface area (TPSA) is 79.8 Å². The van der Waals surface area contributed by atoms with Crippen molar-refractivity contribution >= 4 is 28.5 Å². The molecule has 1 fully saturated rings. The Balaban J connectivity index is 1.55. The maximum absolute atomic E-state index is 11.3. The van der Waals surface area contributed by atoms with E-state index >= 15 is 0 Å². The van der Waals surface area contributed by atoms with E-state index in [1.54, 1.807) is 0 Å². The zero-order valence-corrected chi connectivity index (χ0v) is 17.5. The van der Waals surface area contributed by atoms with Crippen LogP contribution in [-0.4, -0.2) is 48.5 Å². The highest BCUT2D eigenvalue weighted by Crippen LogP contribution is 2.35. The first-order valence-electron chi connectivity index (χ1n) is 10.1. The first-order chi connectivity index (χ1) is 14.2. The normalized spacial score (nSPS) is 16.1. The van der Waals surface area contributed by atoms with Gasteiger partial charge in [-0.2, -0.15) is 0 Å². The number of unbranched alkanes of at least 4 members (excludes halogenated alkanes) is 3. The first-order valence-corrected chi connectivity index (χ1v) is 10.5. The molecule has 1 saturated heterocycles. The zero-order chi connectivity index (χ0) is 20.5. The smallest absolute Gasteiger partial charge is 0.305 e. The minimum absolute atomic E-state index is 0.00925. The van der Waals surface area contributed by atoms with Gasteiger partial charge in [0.15, 0.2) is 11.5 Å². The fraction of sp³-hybridized carbons (Fsp3) is 0.571. The summed E-state index contributed by atoms with van der Waals surface area (Å²) in [6, 6.07) is 3.68. The van der Waals surface area contributed by atoms with E-state index in [-0.39, 0.29) is 12.1 Å². The number of carbonyl (C=O) groups excluding carboxylic acids is 1. The van der Waals surface area contributed by atoms with Crippen molar-refractivity contribution in [2.24, 2.45) is 0 Å². The van der Waals surface area contributed by atoms with Gasteiger partial charge in [-0.25, -0.2) is 9.97 Å². The second-order valence-corrected chi connectivity index (χ2v) is 7.26. The number of halogens is 1. The van der Waals surface area contributed by atoms with Crippen LogP contribution in [0.5, 0.6) is 11.5 Å². The van der Waals surface area contributed by atoms with Crippen molar-refractivity contribution < 1.29 is 23.7 Å². The summed E-state index contributed by atoms with van der Waals surface area (Å²) in [7, 11) is 0. The molecular formula is C21H27ClN2O5. The van der Waals surface area contributed by atoms with E-state index in [2.05, 4.69) is 9.97 Å². The number of ether oxygens (including phenoxy) is 4. The van der Waals surface area contributed by atoms with Gasteiger partial charge in [0.05, 0.1) is 31.9 Å². The van der Waals surface area contributed by atoms with Crippen LogP contribution in [0.25, 0.3) is 10.9 Å². The third-order valence-electron chi connectivity index (χ3n) is 4.67. The number of aromatic nitrogens is 2. The van der Waals surface area contributed by atoms with Crippen molar-refractivity contribution in [2.45, 2.75) is 51.6 Å². The summed E-state index contributed by atoms with van der Waals surface area (Å²) < 4.78 is 22.4. The van der Waals surface area contributed by atoms with Crippen LogP contribution in [0.4, 0.5) is 0 Å². The lowest BCUT2D eigenvalue weighted by Crippen LogP contribution is -2.16. The Bertz CT molecular complexity index is 811. The Kier molecular flexibility index (Phi) is 8.31. The van der Waals surface area contributed by atoms with E-state index in [4.69, 9.17) is 30.5 Å². The monoisotopic (exact) mass is 422 g/mol. The fourth-order valence-electron chi connectivity index (χ4n) is 3.16. The third kappa shape index (κ3) is 6.44. The van der Waals surface area contributed by atoms with Crippen molar-refractivity contribution in [2.75, 3.05) is 26.4 Å². The molecule has 0 N–H and O–H groups in total. The van der Waals surface area contributed by atoms with Gasteiger partial charge in [-0.15, -0.1) is 0 Å². The van der Waals surface area contributed by atoms with E-state index in [1.807, 2.05) is 19.1 Å². The van der Waals surface area contributed by atoms with Crippen LogP contribution in [0.3, 0.4) is 0 Å². The minimum atomic E-state index is -0.128. The van der Waals surface area contributed by atoms with Crippen LogP contribution in [0.15, 0.2) is 18.5 Å². The largest absolute Gasteiger partial charge is 0.490 e. The van der Waals surface area contributed by atoms with Gasteiger partial charge in [0.25, 0.3) is 0 Å². The Labute approximate surface area is 175 Å². The summed E-state index contributed by atoms with van der Waals surface area (Å²) in [5.74, 6) is 1.15. The SMILES string of the molecule is CCOC(=O)CCCCCCOc1cc2c(Cl)ncnc2cc1OC1CCOC1. The highest BCUT2D eigenvalue weighted by molar-refractivity contribution is 6.34. The zero-order valence-electron chi connectivity index (χ0n) is 16.7. The van der Waals surface area contributed by atoms with E-state index in [0.29, 0.717) is 55.0 Å². The standard InChI is InChI=1S/C21H27ClN2O5/c1-2-27-20(25)7-5-3-4-6-9-28-18-11-16-17(23-14-24-21(16)22)12-19(18)29-15-8-10-26-13-15/h11-12,14-15H,2-10,13H2,1H3. The second kappa shape index (κ2) is 11.2.